The molecular formula is C14H20N2O. The summed E-state index contributed by atoms with van der Waals surface area (Å²) in [6, 6.07) is 6.17. The maximum atomic E-state index is 5.37. The number of fused-ring (bicyclic) bond motifs is 1. The van der Waals surface area contributed by atoms with E-state index >= 15 is 0 Å². The van der Waals surface area contributed by atoms with Crippen LogP contribution in [0.5, 0.6) is 5.75 Å². The van der Waals surface area contributed by atoms with Crippen molar-refractivity contribution in [2.75, 3.05) is 13.7 Å². The van der Waals surface area contributed by atoms with Gasteiger partial charge < -0.3 is 15.0 Å². The third-order valence-corrected chi connectivity index (χ3v) is 3.06. The molecule has 1 aromatic heterocycles. The number of aryl methyl sites for hydroxylation is 1. The number of aromatic amines is 1. The maximum Gasteiger partial charge on any atom is 0.142 e. The van der Waals surface area contributed by atoms with Crippen molar-refractivity contribution in [3.05, 3.63) is 29.5 Å². The minimum absolute atomic E-state index is 0.910. The van der Waals surface area contributed by atoms with E-state index in [0.29, 0.717) is 0 Å². The monoisotopic (exact) mass is 232 g/mol. The lowest BCUT2D eigenvalue weighted by molar-refractivity contribution is 0.419. The van der Waals surface area contributed by atoms with Crippen molar-refractivity contribution >= 4 is 10.9 Å². The van der Waals surface area contributed by atoms with Crippen molar-refractivity contribution < 1.29 is 4.74 Å². The summed E-state index contributed by atoms with van der Waals surface area (Å²) < 4.78 is 5.37. The Kier molecular flexibility index (Phi) is 3.69. The maximum absolute atomic E-state index is 5.37. The first-order valence-corrected chi connectivity index (χ1v) is 6.12. The second kappa shape index (κ2) is 5.23. The summed E-state index contributed by atoms with van der Waals surface area (Å²) in [5.41, 5.74) is 3.65. The molecule has 2 aromatic rings. The van der Waals surface area contributed by atoms with Gasteiger partial charge in [0.2, 0.25) is 0 Å². The number of ether oxygens (including phenoxy) is 1. The molecule has 92 valence electrons. The molecule has 1 aromatic carbocycles. The lowest BCUT2D eigenvalue weighted by Crippen LogP contribution is -2.14. The molecule has 3 nitrogen and oxygen atoms in total. The third-order valence-electron chi connectivity index (χ3n) is 3.06. The van der Waals surface area contributed by atoms with Gasteiger partial charge in [-0.3, -0.25) is 0 Å². The number of hydrogen-bond acceptors (Lipinski definition) is 2. The van der Waals surface area contributed by atoms with Crippen molar-refractivity contribution in [3.63, 3.8) is 0 Å². The number of methoxy groups -OCH3 is 1. The Labute approximate surface area is 102 Å². The molecule has 17 heavy (non-hydrogen) atoms. The molecule has 0 saturated heterocycles. The van der Waals surface area contributed by atoms with Gasteiger partial charge in [-0.1, -0.05) is 19.1 Å². The van der Waals surface area contributed by atoms with Crippen LogP contribution in [0.15, 0.2) is 18.2 Å². The summed E-state index contributed by atoms with van der Waals surface area (Å²) in [6.07, 6.45) is 1.16. The number of para-hydroxylation sites is 1. The summed E-state index contributed by atoms with van der Waals surface area (Å²) in [5, 5.41) is 4.70. The standard InChI is InChI=1S/C14H20N2O/c1-4-8-15-9-12-10(2)16-14-11(12)6-5-7-13(14)17-3/h5-7,15-16H,4,8-9H2,1-3H3. The van der Waals surface area contributed by atoms with E-state index in [0.717, 1.165) is 30.8 Å². The molecule has 0 bridgehead atoms. The van der Waals surface area contributed by atoms with Crippen LogP contribution in [0.25, 0.3) is 10.9 Å². The summed E-state index contributed by atoms with van der Waals surface area (Å²) in [4.78, 5) is 3.41. The van der Waals surface area contributed by atoms with Crippen LogP contribution in [-0.2, 0) is 6.54 Å². The van der Waals surface area contributed by atoms with Gasteiger partial charge >= 0.3 is 0 Å². The molecule has 0 radical (unpaired) electrons. The molecule has 0 atom stereocenters. The Bertz CT molecular complexity index is 502. The Morgan fingerprint density at radius 3 is 2.88 bits per heavy atom. The molecule has 0 fully saturated rings. The van der Waals surface area contributed by atoms with Crippen LogP contribution < -0.4 is 10.1 Å². The molecule has 2 N–H and O–H groups in total. The molecule has 0 saturated carbocycles. The first-order chi connectivity index (χ1) is 8.27. The Morgan fingerprint density at radius 1 is 1.35 bits per heavy atom. The highest BCUT2D eigenvalue weighted by atomic mass is 16.5. The Hall–Kier alpha value is -1.48. The van der Waals surface area contributed by atoms with Gasteiger partial charge in [-0.15, -0.1) is 0 Å². The van der Waals surface area contributed by atoms with E-state index in [2.05, 4.69) is 30.2 Å². The van der Waals surface area contributed by atoms with Crippen LogP contribution in [0.1, 0.15) is 24.6 Å². The second-order valence-electron chi connectivity index (χ2n) is 4.29. The normalized spacial score (nSPS) is 11.0. The van der Waals surface area contributed by atoms with Crippen molar-refractivity contribution in [2.24, 2.45) is 0 Å². The van der Waals surface area contributed by atoms with Gasteiger partial charge in [-0.2, -0.15) is 0 Å². The van der Waals surface area contributed by atoms with Gasteiger partial charge in [0.15, 0.2) is 0 Å². The van der Waals surface area contributed by atoms with Crippen LogP contribution >= 0.6 is 0 Å². The predicted octanol–water partition coefficient (Wildman–Crippen LogP) is 2.98. The van der Waals surface area contributed by atoms with E-state index in [1.165, 1.54) is 16.6 Å². The van der Waals surface area contributed by atoms with E-state index in [1.54, 1.807) is 7.11 Å². The van der Waals surface area contributed by atoms with E-state index in [9.17, 15) is 0 Å². The molecule has 0 aliphatic carbocycles. The van der Waals surface area contributed by atoms with E-state index < -0.39 is 0 Å². The van der Waals surface area contributed by atoms with E-state index in [4.69, 9.17) is 4.74 Å². The molecule has 0 amide bonds. The lowest BCUT2D eigenvalue weighted by atomic mass is 10.1. The number of H-pyrrole nitrogens is 1. The number of aromatic nitrogens is 1. The number of nitrogens with one attached hydrogen (secondary N) is 2. The molecule has 0 unspecified atom stereocenters. The average Bonchev–Trinajstić information content (AvgIpc) is 2.66. The minimum atomic E-state index is 0.910. The van der Waals surface area contributed by atoms with Crippen molar-refractivity contribution in [1.29, 1.82) is 0 Å². The van der Waals surface area contributed by atoms with Crippen LogP contribution in [0.2, 0.25) is 0 Å². The van der Waals surface area contributed by atoms with Crippen molar-refractivity contribution in [2.45, 2.75) is 26.8 Å². The van der Waals surface area contributed by atoms with Gasteiger partial charge in [-0.05, 0) is 31.5 Å². The SMILES string of the molecule is CCCNCc1c(C)[nH]c2c(OC)cccc12. The van der Waals surface area contributed by atoms with Gasteiger partial charge in [0.25, 0.3) is 0 Å². The fraction of sp³-hybridized carbons (Fsp3) is 0.429. The Balaban J connectivity index is 2.38. The fourth-order valence-electron chi connectivity index (χ4n) is 2.16. The van der Waals surface area contributed by atoms with Gasteiger partial charge in [0, 0.05) is 17.6 Å². The highest BCUT2D eigenvalue weighted by Gasteiger charge is 2.10. The molecule has 0 aliphatic heterocycles. The predicted molar refractivity (Wildman–Crippen MR) is 71.6 cm³/mol. The summed E-state index contributed by atoms with van der Waals surface area (Å²) >= 11 is 0. The highest BCUT2D eigenvalue weighted by Crippen LogP contribution is 2.29. The van der Waals surface area contributed by atoms with Crippen LogP contribution in [0, 0.1) is 6.92 Å². The Morgan fingerprint density at radius 2 is 2.18 bits per heavy atom. The van der Waals surface area contributed by atoms with E-state index in [-0.39, 0.29) is 0 Å². The molecule has 1 heterocycles. The molecule has 2 rings (SSSR count). The number of hydrogen-bond donors (Lipinski definition) is 2. The summed E-state index contributed by atoms with van der Waals surface area (Å²) in [5.74, 6) is 0.910. The zero-order valence-electron chi connectivity index (χ0n) is 10.8. The average molecular weight is 232 g/mol. The highest BCUT2D eigenvalue weighted by molar-refractivity contribution is 5.89. The quantitative estimate of drug-likeness (QED) is 0.778. The largest absolute Gasteiger partial charge is 0.495 e. The van der Waals surface area contributed by atoms with Crippen molar-refractivity contribution in [1.82, 2.24) is 10.3 Å². The molecule has 0 spiro atoms. The van der Waals surface area contributed by atoms with Gasteiger partial charge in [0.1, 0.15) is 5.75 Å². The van der Waals surface area contributed by atoms with E-state index in [1.807, 2.05) is 12.1 Å². The lowest BCUT2D eigenvalue weighted by Gasteiger charge is -2.04. The number of rotatable bonds is 5. The fourth-order valence-corrected chi connectivity index (χ4v) is 2.16. The van der Waals surface area contributed by atoms with Crippen LogP contribution in [0.3, 0.4) is 0 Å². The topological polar surface area (TPSA) is 37.0 Å². The zero-order valence-corrected chi connectivity index (χ0v) is 10.8. The summed E-state index contributed by atoms with van der Waals surface area (Å²) in [6.45, 7) is 6.25. The zero-order chi connectivity index (χ0) is 12.3. The van der Waals surface area contributed by atoms with Crippen LogP contribution in [-0.4, -0.2) is 18.6 Å². The first-order valence-electron chi connectivity index (χ1n) is 6.12. The van der Waals surface area contributed by atoms with Gasteiger partial charge in [0.05, 0.1) is 12.6 Å². The first kappa shape index (κ1) is 12.0. The van der Waals surface area contributed by atoms with Gasteiger partial charge in [-0.25, -0.2) is 0 Å². The molecule has 3 heteroatoms. The van der Waals surface area contributed by atoms with Crippen molar-refractivity contribution in [3.8, 4) is 5.75 Å². The van der Waals surface area contributed by atoms with Crippen LogP contribution in [0.4, 0.5) is 0 Å². The second-order valence-corrected chi connectivity index (χ2v) is 4.29. The number of benzene rings is 1. The molecule has 0 aliphatic rings. The smallest absolute Gasteiger partial charge is 0.142 e. The minimum Gasteiger partial charge on any atom is -0.495 e. The summed E-state index contributed by atoms with van der Waals surface area (Å²) in [7, 11) is 1.71. The molecular weight excluding hydrogens is 212 g/mol. The third kappa shape index (κ3) is 2.29.